The molecule has 1 unspecified atom stereocenters. The highest BCUT2D eigenvalue weighted by Crippen LogP contribution is 2.34. The van der Waals surface area contributed by atoms with Crippen molar-refractivity contribution in [3.63, 3.8) is 0 Å². The lowest BCUT2D eigenvalue weighted by Gasteiger charge is -2.25. The van der Waals surface area contributed by atoms with E-state index in [9.17, 15) is 10.1 Å². The molecule has 0 spiro atoms. The van der Waals surface area contributed by atoms with Gasteiger partial charge in [-0.05, 0) is 25.7 Å². The summed E-state index contributed by atoms with van der Waals surface area (Å²) in [5.74, 6) is 0.384. The molecule has 1 aliphatic heterocycles. The molecule has 7 heteroatoms. The Hall–Kier alpha value is -1.40. The molecular weight excluding hydrogens is 270 g/mol. The van der Waals surface area contributed by atoms with Gasteiger partial charge in [-0.25, -0.2) is 4.98 Å². The first-order chi connectivity index (χ1) is 9.13. The summed E-state index contributed by atoms with van der Waals surface area (Å²) in [6, 6.07) is 1.55. The third kappa shape index (κ3) is 3.13. The number of nitrogens with zero attached hydrogens (tertiary/aromatic N) is 3. The van der Waals surface area contributed by atoms with Crippen LogP contribution in [0.25, 0.3) is 0 Å². The molecule has 1 atom stereocenters. The minimum atomic E-state index is -0.449. The summed E-state index contributed by atoms with van der Waals surface area (Å²) in [5.41, 5.74) is -0.0524. The predicted molar refractivity (Wildman–Crippen MR) is 72.6 cm³/mol. The highest BCUT2D eigenvalue weighted by atomic mass is 35.5. The molecule has 1 aliphatic rings. The van der Waals surface area contributed by atoms with Crippen molar-refractivity contribution in [2.45, 2.75) is 31.7 Å². The van der Waals surface area contributed by atoms with Crippen LogP contribution in [-0.4, -0.2) is 34.2 Å². The van der Waals surface area contributed by atoms with E-state index in [1.165, 1.54) is 12.3 Å². The number of halogens is 1. The van der Waals surface area contributed by atoms with Gasteiger partial charge in [0, 0.05) is 31.5 Å². The van der Waals surface area contributed by atoms with E-state index in [2.05, 4.69) is 4.98 Å². The van der Waals surface area contributed by atoms with Crippen molar-refractivity contribution in [3.05, 3.63) is 27.4 Å². The number of pyridine rings is 1. The zero-order valence-electron chi connectivity index (χ0n) is 10.5. The van der Waals surface area contributed by atoms with Crippen LogP contribution in [0.3, 0.4) is 0 Å². The second kappa shape index (κ2) is 6.16. The lowest BCUT2D eigenvalue weighted by atomic mass is 10.1. The van der Waals surface area contributed by atoms with Gasteiger partial charge >= 0.3 is 5.69 Å². The minimum Gasteiger partial charge on any atom is -0.396 e. The molecule has 1 aromatic heterocycles. The molecule has 0 saturated carbocycles. The maximum Gasteiger partial charge on any atom is 0.313 e. The number of nitro groups is 1. The predicted octanol–water partition coefficient (Wildman–Crippen LogP) is 2.38. The molecule has 1 fully saturated rings. The van der Waals surface area contributed by atoms with Crippen LogP contribution < -0.4 is 4.90 Å². The van der Waals surface area contributed by atoms with Crippen molar-refractivity contribution >= 4 is 23.1 Å². The van der Waals surface area contributed by atoms with Gasteiger partial charge in [0.05, 0.1) is 9.95 Å². The average Bonchev–Trinajstić information content (AvgIpc) is 2.84. The molecule has 19 heavy (non-hydrogen) atoms. The van der Waals surface area contributed by atoms with Gasteiger partial charge in [-0.2, -0.15) is 0 Å². The van der Waals surface area contributed by atoms with Crippen LogP contribution in [0.4, 0.5) is 11.5 Å². The number of aliphatic hydroxyl groups excluding tert-OH is 1. The summed E-state index contributed by atoms with van der Waals surface area (Å²) < 4.78 is 0. The number of anilines is 1. The Labute approximate surface area is 116 Å². The van der Waals surface area contributed by atoms with Gasteiger partial charge in [0.25, 0.3) is 0 Å². The molecular formula is C12H16ClN3O3. The first-order valence-corrected chi connectivity index (χ1v) is 6.68. The molecule has 0 aliphatic carbocycles. The third-order valence-corrected chi connectivity index (χ3v) is 3.56. The fourth-order valence-electron chi connectivity index (χ4n) is 2.52. The molecule has 0 amide bonds. The van der Waals surface area contributed by atoms with Gasteiger partial charge in [0.1, 0.15) is 0 Å². The standard InChI is InChI=1S/C12H16ClN3O3/c13-9-7-11(16(18)19)12(14-8-9)15-5-1-3-10(15)4-2-6-17/h7-8,10,17H,1-6H2. The van der Waals surface area contributed by atoms with E-state index >= 15 is 0 Å². The third-order valence-electron chi connectivity index (χ3n) is 3.36. The van der Waals surface area contributed by atoms with Crippen LogP contribution in [-0.2, 0) is 0 Å². The fraction of sp³-hybridized carbons (Fsp3) is 0.583. The van der Waals surface area contributed by atoms with E-state index < -0.39 is 4.92 Å². The summed E-state index contributed by atoms with van der Waals surface area (Å²) in [5, 5.41) is 20.3. The molecule has 2 heterocycles. The highest BCUT2D eigenvalue weighted by molar-refractivity contribution is 6.30. The van der Waals surface area contributed by atoms with Crippen molar-refractivity contribution in [2.24, 2.45) is 0 Å². The number of aliphatic hydroxyl groups is 1. The maximum absolute atomic E-state index is 11.1. The summed E-state index contributed by atoms with van der Waals surface area (Å²) in [6.07, 6.45) is 4.91. The summed E-state index contributed by atoms with van der Waals surface area (Å²) in [7, 11) is 0. The SMILES string of the molecule is O=[N+]([O-])c1cc(Cl)cnc1N1CCCC1CCCO. The summed E-state index contributed by atoms with van der Waals surface area (Å²) >= 11 is 5.77. The summed E-state index contributed by atoms with van der Waals surface area (Å²) in [4.78, 5) is 16.7. The fourth-order valence-corrected chi connectivity index (χ4v) is 2.67. The molecule has 6 nitrogen and oxygen atoms in total. The van der Waals surface area contributed by atoms with Crippen molar-refractivity contribution in [1.82, 2.24) is 4.98 Å². The zero-order chi connectivity index (χ0) is 13.8. The van der Waals surface area contributed by atoms with E-state index in [1.54, 1.807) is 0 Å². The van der Waals surface area contributed by atoms with Crippen molar-refractivity contribution in [3.8, 4) is 0 Å². The van der Waals surface area contributed by atoms with Gasteiger partial charge in [-0.1, -0.05) is 11.6 Å². The Morgan fingerprint density at radius 3 is 3.11 bits per heavy atom. The minimum absolute atomic E-state index is 0.0524. The van der Waals surface area contributed by atoms with Gasteiger partial charge in [0.15, 0.2) is 0 Å². The monoisotopic (exact) mass is 285 g/mol. The smallest absolute Gasteiger partial charge is 0.313 e. The molecule has 0 bridgehead atoms. The second-order valence-electron chi connectivity index (χ2n) is 4.61. The van der Waals surface area contributed by atoms with Crippen LogP contribution in [0.1, 0.15) is 25.7 Å². The molecule has 1 saturated heterocycles. The van der Waals surface area contributed by atoms with Gasteiger partial charge in [-0.15, -0.1) is 0 Å². The Bertz CT molecular complexity index is 470. The normalized spacial score (nSPS) is 18.8. The van der Waals surface area contributed by atoms with Gasteiger partial charge in [-0.3, -0.25) is 10.1 Å². The molecule has 0 aromatic carbocycles. The quantitative estimate of drug-likeness (QED) is 0.664. The van der Waals surface area contributed by atoms with Crippen LogP contribution in [0.5, 0.6) is 0 Å². The zero-order valence-corrected chi connectivity index (χ0v) is 11.2. The molecule has 2 rings (SSSR count). The molecule has 104 valence electrons. The molecule has 1 N–H and O–H groups in total. The van der Waals surface area contributed by atoms with E-state index in [-0.39, 0.29) is 23.4 Å². The highest BCUT2D eigenvalue weighted by Gasteiger charge is 2.30. The Morgan fingerprint density at radius 1 is 1.63 bits per heavy atom. The van der Waals surface area contributed by atoms with Crippen molar-refractivity contribution in [1.29, 1.82) is 0 Å². The first-order valence-electron chi connectivity index (χ1n) is 6.31. The second-order valence-corrected chi connectivity index (χ2v) is 5.05. The number of hydrogen-bond donors (Lipinski definition) is 1. The van der Waals surface area contributed by atoms with Crippen LogP contribution in [0.15, 0.2) is 12.3 Å². The van der Waals surface area contributed by atoms with Crippen LogP contribution in [0, 0.1) is 10.1 Å². The lowest BCUT2D eigenvalue weighted by Crippen LogP contribution is -2.30. The number of hydrogen-bond acceptors (Lipinski definition) is 5. The van der Waals surface area contributed by atoms with E-state index in [0.29, 0.717) is 12.2 Å². The number of rotatable bonds is 5. The van der Waals surface area contributed by atoms with E-state index in [0.717, 1.165) is 25.8 Å². The Morgan fingerprint density at radius 2 is 2.42 bits per heavy atom. The lowest BCUT2D eigenvalue weighted by molar-refractivity contribution is -0.384. The van der Waals surface area contributed by atoms with Crippen LogP contribution >= 0.6 is 11.6 Å². The maximum atomic E-state index is 11.1. The average molecular weight is 286 g/mol. The van der Waals surface area contributed by atoms with Crippen LogP contribution in [0.2, 0.25) is 5.02 Å². The molecule has 0 radical (unpaired) electrons. The number of aromatic nitrogens is 1. The molecule has 1 aromatic rings. The Kier molecular flexibility index (Phi) is 4.55. The summed E-state index contributed by atoms with van der Waals surface area (Å²) in [6.45, 7) is 0.895. The first kappa shape index (κ1) is 14.0. The largest absolute Gasteiger partial charge is 0.396 e. The van der Waals surface area contributed by atoms with Gasteiger partial charge in [0.2, 0.25) is 5.82 Å². The van der Waals surface area contributed by atoms with Crippen molar-refractivity contribution < 1.29 is 10.0 Å². The topological polar surface area (TPSA) is 79.5 Å². The van der Waals surface area contributed by atoms with Gasteiger partial charge < -0.3 is 10.0 Å². The van der Waals surface area contributed by atoms with Crippen molar-refractivity contribution in [2.75, 3.05) is 18.1 Å². The Balaban J connectivity index is 2.27. The van der Waals surface area contributed by atoms with E-state index in [1.807, 2.05) is 4.90 Å². The van der Waals surface area contributed by atoms with E-state index in [4.69, 9.17) is 16.7 Å².